The molecule has 1 atom stereocenters. The molecule has 1 aromatic carbocycles. The maximum Gasteiger partial charge on any atom is 0.264 e. The molecule has 0 aliphatic heterocycles. The Bertz CT molecular complexity index is 603. The second-order valence-corrected chi connectivity index (χ2v) is 5.44. The molecular formula is C15H19N3O2. The average molecular weight is 273 g/mol. The summed E-state index contributed by atoms with van der Waals surface area (Å²) in [5, 5.41) is 3.97. The van der Waals surface area contributed by atoms with Crippen LogP contribution in [0.2, 0.25) is 0 Å². The van der Waals surface area contributed by atoms with E-state index in [2.05, 4.69) is 10.1 Å². The second-order valence-electron chi connectivity index (χ2n) is 5.44. The zero-order valence-corrected chi connectivity index (χ0v) is 11.8. The Morgan fingerprint density at radius 2 is 2.25 bits per heavy atom. The number of benzene rings is 1. The van der Waals surface area contributed by atoms with Crippen LogP contribution >= 0.6 is 0 Å². The molecule has 106 valence electrons. The maximum atomic E-state index is 5.97. The Kier molecular flexibility index (Phi) is 3.44. The molecule has 2 N–H and O–H groups in total. The highest BCUT2D eigenvalue weighted by molar-refractivity contribution is 5.38. The Morgan fingerprint density at radius 3 is 2.95 bits per heavy atom. The normalized spacial score (nSPS) is 16.1. The molecule has 1 aliphatic carbocycles. The molecule has 20 heavy (non-hydrogen) atoms. The third-order valence-corrected chi connectivity index (χ3v) is 3.43. The molecule has 1 heterocycles. The fourth-order valence-corrected chi connectivity index (χ4v) is 2.13. The minimum Gasteiger partial charge on any atom is -0.483 e. The summed E-state index contributed by atoms with van der Waals surface area (Å²) in [6, 6.07) is 5.91. The van der Waals surface area contributed by atoms with Crippen LogP contribution in [-0.4, -0.2) is 10.1 Å². The highest BCUT2D eigenvalue weighted by atomic mass is 16.5. The maximum absolute atomic E-state index is 5.97. The third-order valence-electron chi connectivity index (χ3n) is 3.43. The number of aryl methyl sites for hydroxylation is 1. The van der Waals surface area contributed by atoms with E-state index in [0.717, 1.165) is 30.0 Å². The molecule has 1 aromatic heterocycles. The van der Waals surface area contributed by atoms with Crippen LogP contribution in [0.25, 0.3) is 0 Å². The van der Waals surface area contributed by atoms with E-state index in [1.165, 1.54) is 5.56 Å². The van der Waals surface area contributed by atoms with Crippen LogP contribution in [0, 0.1) is 6.92 Å². The van der Waals surface area contributed by atoms with Crippen molar-refractivity contribution >= 4 is 0 Å². The molecular weight excluding hydrogens is 254 g/mol. The topological polar surface area (TPSA) is 74.2 Å². The minimum absolute atomic E-state index is 0.0744. The van der Waals surface area contributed by atoms with Gasteiger partial charge in [0.2, 0.25) is 0 Å². The summed E-state index contributed by atoms with van der Waals surface area (Å²) in [4.78, 5) is 4.35. The lowest BCUT2D eigenvalue weighted by molar-refractivity contribution is 0.240. The van der Waals surface area contributed by atoms with Crippen molar-refractivity contribution in [2.45, 2.75) is 45.3 Å². The van der Waals surface area contributed by atoms with E-state index in [1.54, 1.807) is 0 Å². The lowest BCUT2D eigenvalue weighted by Gasteiger charge is -2.13. The van der Waals surface area contributed by atoms with Crippen molar-refractivity contribution in [2.24, 2.45) is 5.73 Å². The van der Waals surface area contributed by atoms with E-state index < -0.39 is 0 Å². The smallest absolute Gasteiger partial charge is 0.264 e. The summed E-state index contributed by atoms with van der Waals surface area (Å²) in [5.41, 5.74) is 8.13. The van der Waals surface area contributed by atoms with Crippen molar-refractivity contribution in [2.75, 3.05) is 0 Å². The predicted octanol–water partition coefficient (Wildman–Crippen LogP) is 2.85. The van der Waals surface area contributed by atoms with Gasteiger partial charge in [-0.2, -0.15) is 4.98 Å². The van der Waals surface area contributed by atoms with E-state index in [9.17, 15) is 0 Å². The quantitative estimate of drug-likeness (QED) is 0.906. The molecule has 0 saturated heterocycles. The summed E-state index contributed by atoms with van der Waals surface area (Å²) in [7, 11) is 0. The van der Waals surface area contributed by atoms with Crippen LogP contribution in [0.5, 0.6) is 5.75 Å². The summed E-state index contributed by atoms with van der Waals surface area (Å²) < 4.78 is 11.0. The first-order chi connectivity index (χ1) is 9.63. The van der Waals surface area contributed by atoms with Crippen LogP contribution < -0.4 is 10.5 Å². The first kappa shape index (κ1) is 13.1. The van der Waals surface area contributed by atoms with Gasteiger partial charge in [-0.05, 0) is 32.8 Å². The molecule has 1 saturated carbocycles. The standard InChI is InChI=1S/C15H19N3O2/c1-9-3-6-13(12(7-9)10(2)16)19-8-14-17-15(18-20-14)11-4-5-11/h3,6-7,10-11H,4-5,8,16H2,1-2H3. The van der Waals surface area contributed by atoms with Gasteiger partial charge in [-0.15, -0.1) is 0 Å². The summed E-state index contributed by atoms with van der Waals surface area (Å²) in [6.45, 7) is 4.26. The number of rotatable bonds is 5. The SMILES string of the molecule is Cc1ccc(OCc2nc(C3CC3)no2)c(C(C)N)c1. The zero-order chi connectivity index (χ0) is 14.1. The molecule has 1 unspecified atom stereocenters. The van der Waals surface area contributed by atoms with Gasteiger partial charge in [-0.3, -0.25) is 0 Å². The van der Waals surface area contributed by atoms with E-state index >= 15 is 0 Å². The molecule has 0 radical (unpaired) electrons. The van der Waals surface area contributed by atoms with Gasteiger partial charge >= 0.3 is 0 Å². The van der Waals surface area contributed by atoms with E-state index in [1.807, 2.05) is 32.0 Å². The monoisotopic (exact) mass is 273 g/mol. The lowest BCUT2D eigenvalue weighted by Crippen LogP contribution is -2.08. The molecule has 5 nitrogen and oxygen atoms in total. The van der Waals surface area contributed by atoms with Crippen molar-refractivity contribution in [1.29, 1.82) is 0 Å². The molecule has 3 rings (SSSR count). The van der Waals surface area contributed by atoms with Crippen molar-refractivity contribution in [1.82, 2.24) is 10.1 Å². The Labute approximate surface area is 118 Å². The largest absolute Gasteiger partial charge is 0.483 e. The van der Waals surface area contributed by atoms with Gasteiger partial charge in [0.15, 0.2) is 12.4 Å². The molecule has 0 spiro atoms. The van der Waals surface area contributed by atoms with Crippen LogP contribution in [-0.2, 0) is 6.61 Å². The Hall–Kier alpha value is -1.88. The number of aromatic nitrogens is 2. The summed E-state index contributed by atoms with van der Waals surface area (Å²) in [5.74, 6) is 2.59. The number of nitrogens with two attached hydrogens (primary N) is 1. The van der Waals surface area contributed by atoms with Crippen molar-refractivity contribution in [3.05, 3.63) is 41.0 Å². The highest BCUT2D eigenvalue weighted by Crippen LogP contribution is 2.38. The summed E-state index contributed by atoms with van der Waals surface area (Å²) in [6.07, 6.45) is 2.32. The van der Waals surface area contributed by atoms with Gasteiger partial charge in [0.1, 0.15) is 5.75 Å². The first-order valence-corrected chi connectivity index (χ1v) is 6.95. The lowest BCUT2D eigenvalue weighted by atomic mass is 10.1. The molecule has 1 fully saturated rings. The first-order valence-electron chi connectivity index (χ1n) is 6.95. The van der Waals surface area contributed by atoms with Gasteiger partial charge in [0, 0.05) is 17.5 Å². The predicted molar refractivity (Wildman–Crippen MR) is 74.4 cm³/mol. The van der Waals surface area contributed by atoms with Gasteiger partial charge < -0.3 is 15.0 Å². The van der Waals surface area contributed by atoms with Gasteiger partial charge in [0.05, 0.1) is 0 Å². The average Bonchev–Trinajstić information content (AvgIpc) is 3.17. The Balaban J connectivity index is 1.70. The fourth-order valence-electron chi connectivity index (χ4n) is 2.13. The number of ether oxygens (including phenoxy) is 1. The highest BCUT2D eigenvalue weighted by Gasteiger charge is 2.28. The molecule has 0 bridgehead atoms. The second kappa shape index (κ2) is 5.25. The van der Waals surface area contributed by atoms with Gasteiger partial charge in [0.25, 0.3) is 5.89 Å². The molecule has 2 aromatic rings. The zero-order valence-electron chi connectivity index (χ0n) is 11.8. The fraction of sp³-hybridized carbons (Fsp3) is 0.467. The van der Waals surface area contributed by atoms with Crippen LogP contribution in [0.1, 0.15) is 54.6 Å². The molecule has 0 amide bonds. The van der Waals surface area contributed by atoms with Crippen LogP contribution in [0.3, 0.4) is 0 Å². The number of nitrogens with zero attached hydrogens (tertiary/aromatic N) is 2. The third kappa shape index (κ3) is 2.82. The number of hydrogen-bond acceptors (Lipinski definition) is 5. The van der Waals surface area contributed by atoms with Crippen molar-refractivity contribution < 1.29 is 9.26 Å². The van der Waals surface area contributed by atoms with Crippen molar-refractivity contribution in [3.8, 4) is 5.75 Å². The molecule has 1 aliphatic rings. The van der Waals surface area contributed by atoms with Gasteiger partial charge in [-0.1, -0.05) is 22.9 Å². The minimum atomic E-state index is -0.0744. The van der Waals surface area contributed by atoms with Gasteiger partial charge in [-0.25, -0.2) is 0 Å². The van der Waals surface area contributed by atoms with E-state index in [0.29, 0.717) is 11.8 Å². The van der Waals surface area contributed by atoms with E-state index in [4.69, 9.17) is 15.0 Å². The number of hydrogen-bond donors (Lipinski definition) is 1. The summed E-state index contributed by atoms with van der Waals surface area (Å²) >= 11 is 0. The van der Waals surface area contributed by atoms with Crippen LogP contribution in [0.15, 0.2) is 22.7 Å². The Morgan fingerprint density at radius 1 is 1.45 bits per heavy atom. The molecule has 5 heteroatoms. The van der Waals surface area contributed by atoms with E-state index in [-0.39, 0.29) is 12.6 Å². The van der Waals surface area contributed by atoms with Crippen molar-refractivity contribution in [3.63, 3.8) is 0 Å². The van der Waals surface area contributed by atoms with Crippen LogP contribution in [0.4, 0.5) is 0 Å².